The largest absolute Gasteiger partial charge is 0.330 e. The van der Waals surface area contributed by atoms with Crippen molar-refractivity contribution in [3.8, 4) is 11.1 Å². The van der Waals surface area contributed by atoms with E-state index in [1.807, 2.05) is 16.7 Å². The fourth-order valence-corrected chi connectivity index (χ4v) is 5.20. The summed E-state index contributed by atoms with van der Waals surface area (Å²) in [6, 6.07) is 21.2. The van der Waals surface area contributed by atoms with Gasteiger partial charge in [-0.15, -0.1) is 0 Å². The van der Waals surface area contributed by atoms with Gasteiger partial charge in [-0.25, -0.2) is 4.98 Å². The Kier molecular flexibility index (Phi) is 4.62. The van der Waals surface area contributed by atoms with Gasteiger partial charge in [-0.2, -0.15) is 0 Å². The van der Waals surface area contributed by atoms with E-state index in [1.165, 1.54) is 22.3 Å². The van der Waals surface area contributed by atoms with Gasteiger partial charge in [0.15, 0.2) is 5.52 Å². The molecule has 0 amide bonds. The molecule has 0 aliphatic heterocycles. The molecule has 0 saturated heterocycles. The number of nitrogens with zero attached hydrogens (tertiary/aromatic N) is 3. The SMILES string of the molecule is Cc1ccc2c(ncn2CCCCC2(C)c3ccccc3-c3ccccc32)c1[N+](=O)[O-]. The van der Waals surface area contributed by atoms with Crippen molar-refractivity contribution in [3.63, 3.8) is 0 Å². The molecule has 5 nitrogen and oxygen atoms in total. The molecule has 0 spiro atoms. The van der Waals surface area contributed by atoms with E-state index in [9.17, 15) is 10.1 Å². The second-order valence-corrected chi connectivity index (χ2v) is 8.67. The van der Waals surface area contributed by atoms with Crippen LogP contribution in [0.5, 0.6) is 0 Å². The molecular formula is C26H25N3O2. The van der Waals surface area contributed by atoms with E-state index in [0.29, 0.717) is 11.1 Å². The highest BCUT2D eigenvalue weighted by Gasteiger charge is 2.38. The standard InChI is InChI=1S/C26H25N3O2/c1-18-13-14-23-24(25(18)29(30)31)27-17-28(23)16-8-7-15-26(2)21-11-5-3-9-19(21)20-10-4-6-12-22(20)26/h3-6,9-14,17H,7-8,15-16H2,1-2H3. The lowest BCUT2D eigenvalue weighted by molar-refractivity contribution is -0.383. The quantitative estimate of drug-likeness (QED) is 0.209. The zero-order valence-corrected chi connectivity index (χ0v) is 17.8. The molecule has 5 rings (SSSR count). The van der Waals surface area contributed by atoms with E-state index in [-0.39, 0.29) is 16.0 Å². The van der Waals surface area contributed by atoms with E-state index in [2.05, 4.69) is 60.4 Å². The zero-order valence-electron chi connectivity index (χ0n) is 17.8. The van der Waals surface area contributed by atoms with E-state index in [4.69, 9.17) is 0 Å². The van der Waals surface area contributed by atoms with E-state index >= 15 is 0 Å². The number of hydrogen-bond donors (Lipinski definition) is 0. The Morgan fingerprint density at radius 3 is 2.26 bits per heavy atom. The van der Waals surface area contributed by atoms with Gasteiger partial charge in [-0.05, 0) is 48.1 Å². The summed E-state index contributed by atoms with van der Waals surface area (Å²) < 4.78 is 2.04. The van der Waals surface area contributed by atoms with Crippen molar-refractivity contribution in [2.75, 3.05) is 0 Å². The van der Waals surface area contributed by atoms with Crippen molar-refractivity contribution in [2.24, 2.45) is 0 Å². The van der Waals surface area contributed by atoms with Crippen LogP contribution in [0.15, 0.2) is 67.0 Å². The van der Waals surface area contributed by atoms with Crippen LogP contribution in [0.4, 0.5) is 5.69 Å². The number of unbranched alkanes of at least 4 members (excludes halogenated alkanes) is 1. The van der Waals surface area contributed by atoms with Crippen LogP contribution in [0.3, 0.4) is 0 Å². The highest BCUT2D eigenvalue weighted by atomic mass is 16.6. The number of nitro benzene ring substituents is 1. The van der Waals surface area contributed by atoms with Gasteiger partial charge in [-0.3, -0.25) is 10.1 Å². The van der Waals surface area contributed by atoms with E-state index in [1.54, 1.807) is 13.3 Å². The summed E-state index contributed by atoms with van der Waals surface area (Å²) in [6.07, 6.45) is 4.85. The Morgan fingerprint density at radius 1 is 0.968 bits per heavy atom. The molecular weight excluding hydrogens is 386 g/mol. The van der Waals surface area contributed by atoms with Crippen LogP contribution in [0.2, 0.25) is 0 Å². The van der Waals surface area contributed by atoms with E-state index < -0.39 is 0 Å². The maximum atomic E-state index is 11.4. The fourth-order valence-electron chi connectivity index (χ4n) is 5.20. The molecule has 0 N–H and O–H groups in total. The molecule has 4 aromatic rings. The van der Waals surface area contributed by atoms with Gasteiger partial charge >= 0.3 is 0 Å². The Labute approximate surface area is 181 Å². The first-order valence-corrected chi connectivity index (χ1v) is 10.8. The minimum absolute atomic E-state index is 0.0140. The smallest absolute Gasteiger partial charge is 0.299 e. The Morgan fingerprint density at radius 2 is 1.61 bits per heavy atom. The number of aryl methyl sites for hydroxylation is 2. The third kappa shape index (κ3) is 3.03. The number of benzene rings is 3. The van der Waals surface area contributed by atoms with Gasteiger partial charge in [0.1, 0.15) is 0 Å². The van der Waals surface area contributed by atoms with Gasteiger partial charge < -0.3 is 4.57 Å². The van der Waals surface area contributed by atoms with Gasteiger partial charge in [0.05, 0.1) is 16.8 Å². The number of imidazole rings is 1. The molecule has 1 aliphatic rings. The first-order valence-electron chi connectivity index (χ1n) is 10.8. The van der Waals surface area contributed by atoms with Gasteiger partial charge in [0, 0.05) is 17.5 Å². The van der Waals surface area contributed by atoms with E-state index in [0.717, 1.165) is 31.3 Å². The third-order valence-corrected chi connectivity index (χ3v) is 6.81. The molecule has 0 bridgehead atoms. The lowest BCUT2D eigenvalue weighted by Gasteiger charge is -2.27. The van der Waals surface area contributed by atoms with Crippen LogP contribution in [0.25, 0.3) is 22.2 Å². The summed E-state index contributed by atoms with van der Waals surface area (Å²) in [6.45, 7) is 4.92. The lowest BCUT2D eigenvalue weighted by atomic mass is 9.76. The van der Waals surface area contributed by atoms with Crippen LogP contribution in [0, 0.1) is 17.0 Å². The molecule has 0 radical (unpaired) electrons. The van der Waals surface area contributed by atoms with Crippen molar-refractivity contribution in [1.82, 2.24) is 9.55 Å². The molecule has 1 heterocycles. The summed E-state index contributed by atoms with van der Waals surface area (Å²) in [7, 11) is 0. The van der Waals surface area contributed by atoms with Crippen molar-refractivity contribution >= 4 is 16.7 Å². The maximum absolute atomic E-state index is 11.4. The average molecular weight is 412 g/mol. The molecule has 0 fully saturated rings. The second-order valence-electron chi connectivity index (χ2n) is 8.67. The average Bonchev–Trinajstić information content (AvgIpc) is 3.29. The summed E-state index contributed by atoms with van der Waals surface area (Å²) in [5.74, 6) is 0. The number of nitro groups is 1. The number of hydrogen-bond acceptors (Lipinski definition) is 3. The third-order valence-electron chi connectivity index (χ3n) is 6.81. The number of aromatic nitrogens is 2. The molecule has 0 atom stereocenters. The minimum atomic E-state index is -0.329. The van der Waals surface area contributed by atoms with Crippen LogP contribution < -0.4 is 0 Å². The highest BCUT2D eigenvalue weighted by Crippen LogP contribution is 2.51. The predicted molar refractivity (Wildman–Crippen MR) is 123 cm³/mol. The van der Waals surface area contributed by atoms with Gasteiger partial charge in [0.25, 0.3) is 5.69 Å². The monoisotopic (exact) mass is 411 g/mol. The van der Waals surface area contributed by atoms with Crippen molar-refractivity contribution in [3.05, 3.63) is 93.8 Å². The fraction of sp³-hybridized carbons (Fsp3) is 0.269. The first-order chi connectivity index (χ1) is 15.0. The molecule has 0 unspecified atom stereocenters. The molecule has 1 aliphatic carbocycles. The molecule has 156 valence electrons. The number of rotatable bonds is 6. The summed E-state index contributed by atoms with van der Waals surface area (Å²) in [4.78, 5) is 15.5. The Balaban J connectivity index is 1.35. The molecule has 3 aromatic carbocycles. The van der Waals surface area contributed by atoms with Crippen molar-refractivity contribution < 1.29 is 4.92 Å². The van der Waals surface area contributed by atoms with Crippen molar-refractivity contribution in [2.45, 2.75) is 45.1 Å². The summed E-state index contributed by atoms with van der Waals surface area (Å²) in [5.41, 5.74) is 7.62. The zero-order chi connectivity index (χ0) is 21.6. The predicted octanol–water partition coefficient (Wildman–Crippen LogP) is 6.41. The van der Waals surface area contributed by atoms with Crippen LogP contribution in [-0.4, -0.2) is 14.5 Å². The minimum Gasteiger partial charge on any atom is -0.330 e. The molecule has 5 heteroatoms. The Bertz CT molecular complexity index is 1260. The topological polar surface area (TPSA) is 61.0 Å². The van der Waals surface area contributed by atoms with Crippen LogP contribution in [-0.2, 0) is 12.0 Å². The van der Waals surface area contributed by atoms with Gasteiger partial charge in [-0.1, -0.05) is 67.9 Å². The second kappa shape index (κ2) is 7.34. The molecule has 0 saturated carbocycles. The van der Waals surface area contributed by atoms with Crippen LogP contribution >= 0.6 is 0 Å². The number of fused-ring (bicyclic) bond motifs is 4. The first kappa shape index (κ1) is 19.5. The van der Waals surface area contributed by atoms with Crippen LogP contribution in [0.1, 0.15) is 42.9 Å². The highest BCUT2D eigenvalue weighted by molar-refractivity contribution is 5.86. The molecule has 31 heavy (non-hydrogen) atoms. The normalized spacial score (nSPS) is 13.9. The summed E-state index contributed by atoms with van der Waals surface area (Å²) in [5, 5.41) is 11.4. The maximum Gasteiger partial charge on any atom is 0.299 e. The van der Waals surface area contributed by atoms with Crippen molar-refractivity contribution in [1.29, 1.82) is 0 Å². The summed E-state index contributed by atoms with van der Waals surface area (Å²) >= 11 is 0. The van der Waals surface area contributed by atoms with Gasteiger partial charge in [0.2, 0.25) is 0 Å². The Hall–Kier alpha value is -3.47. The molecule has 1 aromatic heterocycles. The lowest BCUT2D eigenvalue weighted by Crippen LogP contribution is -2.20.